The van der Waals surface area contributed by atoms with Crippen molar-refractivity contribution in [3.05, 3.63) is 82.4 Å². The molecule has 0 amide bonds. The second-order valence-corrected chi connectivity index (χ2v) is 8.13. The lowest BCUT2D eigenvalue weighted by Gasteiger charge is -2.26. The highest BCUT2D eigenvalue weighted by Gasteiger charge is 2.18. The molecule has 0 radical (unpaired) electrons. The highest BCUT2D eigenvalue weighted by molar-refractivity contribution is 7.21. The first-order chi connectivity index (χ1) is 14.6. The maximum absolute atomic E-state index is 12.6. The maximum Gasteiger partial charge on any atom is 0.259 e. The molecule has 6 nitrogen and oxygen atoms in total. The third kappa shape index (κ3) is 4.14. The minimum absolute atomic E-state index is 0.0491. The lowest BCUT2D eigenvalue weighted by atomic mass is 10.1. The number of methoxy groups -OCH3 is 1. The van der Waals surface area contributed by atoms with Crippen molar-refractivity contribution in [3.8, 4) is 16.2 Å². The zero-order valence-electron chi connectivity index (χ0n) is 16.8. The van der Waals surface area contributed by atoms with Crippen molar-refractivity contribution in [3.63, 3.8) is 0 Å². The largest absolute Gasteiger partial charge is 0.497 e. The number of nitrogens with zero attached hydrogens (tertiary/aromatic N) is 2. The molecular formula is C23H23N3O3S. The molecule has 7 heteroatoms. The molecule has 4 rings (SSSR count). The molecule has 0 saturated heterocycles. The van der Waals surface area contributed by atoms with E-state index < -0.39 is 0 Å². The summed E-state index contributed by atoms with van der Waals surface area (Å²) in [5.41, 5.74) is 1.89. The van der Waals surface area contributed by atoms with Gasteiger partial charge in [0.05, 0.1) is 31.7 Å². The van der Waals surface area contributed by atoms with Gasteiger partial charge in [-0.2, -0.15) is 0 Å². The first-order valence-electron chi connectivity index (χ1n) is 9.62. The van der Waals surface area contributed by atoms with E-state index in [9.17, 15) is 9.90 Å². The molecule has 0 aliphatic rings. The third-order valence-corrected chi connectivity index (χ3v) is 6.19. The van der Waals surface area contributed by atoms with Gasteiger partial charge in [-0.25, -0.2) is 4.98 Å². The van der Waals surface area contributed by atoms with E-state index in [0.717, 1.165) is 21.8 Å². The highest BCUT2D eigenvalue weighted by atomic mass is 32.1. The number of fused-ring (bicyclic) bond motifs is 1. The number of nitrogens with one attached hydrogen (secondary N) is 1. The van der Waals surface area contributed by atoms with Crippen LogP contribution in [-0.4, -0.2) is 40.7 Å². The molecule has 0 fully saturated rings. The van der Waals surface area contributed by atoms with Crippen molar-refractivity contribution in [1.29, 1.82) is 0 Å². The summed E-state index contributed by atoms with van der Waals surface area (Å²) in [6.07, 6.45) is 0. The van der Waals surface area contributed by atoms with Crippen molar-refractivity contribution in [2.45, 2.75) is 12.6 Å². The number of likely N-dealkylation sites (N-methyl/N-ethyl adjacent to an activating group) is 1. The van der Waals surface area contributed by atoms with Crippen LogP contribution in [0.5, 0.6) is 5.75 Å². The zero-order chi connectivity index (χ0) is 21.1. The molecule has 0 aliphatic carbocycles. The van der Waals surface area contributed by atoms with Crippen LogP contribution in [0.25, 0.3) is 20.7 Å². The SMILES string of the molecule is COc1ccc(C(CO)N(C)Cc2nc3sc(-c4ccccc4)cc3c(=O)[nH]2)cc1. The van der Waals surface area contributed by atoms with Gasteiger partial charge in [0.2, 0.25) is 0 Å². The number of benzene rings is 2. The molecule has 2 aromatic heterocycles. The van der Waals surface area contributed by atoms with E-state index in [1.54, 1.807) is 7.11 Å². The van der Waals surface area contributed by atoms with Crippen molar-refractivity contribution < 1.29 is 9.84 Å². The Labute approximate surface area is 178 Å². The van der Waals surface area contributed by atoms with Gasteiger partial charge >= 0.3 is 0 Å². The first-order valence-corrected chi connectivity index (χ1v) is 10.4. The van der Waals surface area contributed by atoms with E-state index >= 15 is 0 Å². The Kier molecular flexibility index (Phi) is 5.94. The molecule has 0 saturated carbocycles. The minimum Gasteiger partial charge on any atom is -0.497 e. The smallest absolute Gasteiger partial charge is 0.259 e. The topological polar surface area (TPSA) is 78.5 Å². The fourth-order valence-electron chi connectivity index (χ4n) is 3.47. The van der Waals surface area contributed by atoms with Gasteiger partial charge in [-0.1, -0.05) is 42.5 Å². The van der Waals surface area contributed by atoms with Crippen molar-refractivity contribution in [1.82, 2.24) is 14.9 Å². The summed E-state index contributed by atoms with van der Waals surface area (Å²) < 4.78 is 5.20. The fourth-order valence-corrected chi connectivity index (χ4v) is 4.52. The van der Waals surface area contributed by atoms with Gasteiger partial charge in [0.15, 0.2) is 0 Å². The number of rotatable bonds is 7. The van der Waals surface area contributed by atoms with E-state index in [1.807, 2.05) is 72.6 Å². The van der Waals surface area contributed by atoms with Gasteiger partial charge in [0, 0.05) is 4.88 Å². The normalized spacial score (nSPS) is 12.4. The number of hydrogen-bond acceptors (Lipinski definition) is 6. The minimum atomic E-state index is -0.222. The number of aromatic nitrogens is 2. The molecule has 154 valence electrons. The second kappa shape index (κ2) is 8.79. The molecule has 1 unspecified atom stereocenters. The summed E-state index contributed by atoms with van der Waals surface area (Å²) in [6.45, 7) is 0.355. The standard InChI is InChI=1S/C23H23N3O3S/c1-26(19(14-27)15-8-10-17(29-2)11-9-15)13-21-24-22(28)18-12-20(30-23(18)25-21)16-6-4-3-5-7-16/h3-12,19,27H,13-14H2,1-2H3,(H,24,25,28). The summed E-state index contributed by atoms with van der Waals surface area (Å²) in [4.78, 5) is 23.9. The Bertz CT molecular complexity index is 1190. The molecular weight excluding hydrogens is 398 g/mol. The number of thiophene rings is 1. The second-order valence-electron chi connectivity index (χ2n) is 7.09. The Hall–Kier alpha value is -3.00. The molecule has 30 heavy (non-hydrogen) atoms. The summed E-state index contributed by atoms with van der Waals surface area (Å²) in [5.74, 6) is 1.34. The molecule has 0 spiro atoms. The van der Waals surface area contributed by atoms with Crippen LogP contribution in [0, 0.1) is 0 Å². The molecule has 4 aromatic rings. The Morgan fingerprint density at radius 2 is 1.90 bits per heavy atom. The van der Waals surface area contributed by atoms with Gasteiger partial charge in [-0.15, -0.1) is 11.3 Å². The van der Waals surface area contributed by atoms with E-state index in [1.165, 1.54) is 11.3 Å². The monoisotopic (exact) mass is 421 g/mol. The average molecular weight is 422 g/mol. The molecule has 2 heterocycles. The van der Waals surface area contributed by atoms with E-state index in [2.05, 4.69) is 9.97 Å². The highest BCUT2D eigenvalue weighted by Crippen LogP contribution is 2.31. The van der Waals surface area contributed by atoms with Crippen LogP contribution in [0.4, 0.5) is 0 Å². The van der Waals surface area contributed by atoms with Crippen LogP contribution >= 0.6 is 11.3 Å². The summed E-state index contributed by atoms with van der Waals surface area (Å²) >= 11 is 1.51. The molecule has 1 atom stereocenters. The number of aliphatic hydroxyl groups is 1. The van der Waals surface area contributed by atoms with Gasteiger partial charge in [-0.05, 0) is 36.4 Å². The maximum atomic E-state index is 12.6. The van der Waals surface area contributed by atoms with Gasteiger partial charge in [0.1, 0.15) is 16.4 Å². The van der Waals surface area contributed by atoms with Crippen LogP contribution in [0.2, 0.25) is 0 Å². The predicted molar refractivity (Wildman–Crippen MR) is 120 cm³/mol. The Morgan fingerprint density at radius 1 is 1.17 bits per heavy atom. The van der Waals surface area contributed by atoms with Gasteiger partial charge in [0.25, 0.3) is 5.56 Å². The van der Waals surface area contributed by atoms with E-state index in [0.29, 0.717) is 22.6 Å². The summed E-state index contributed by atoms with van der Waals surface area (Å²) in [7, 11) is 3.52. The summed E-state index contributed by atoms with van der Waals surface area (Å²) in [6, 6.07) is 19.2. The Morgan fingerprint density at radius 3 is 2.57 bits per heavy atom. The van der Waals surface area contributed by atoms with Crippen LogP contribution in [0.3, 0.4) is 0 Å². The van der Waals surface area contributed by atoms with Gasteiger partial charge < -0.3 is 14.8 Å². The number of H-pyrrole nitrogens is 1. The fraction of sp³-hybridized carbons (Fsp3) is 0.217. The van der Waals surface area contributed by atoms with Crippen LogP contribution < -0.4 is 10.3 Å². The van der Waals surface area contributed by atoms with Crippen molar-refractivity contribution in [2.75, 3.05) is 20.8 Å². The lowest BCUT2D eigenvalue weighted by molar-refractivity contribution is 0.140. The van der Waals surface area contributed by atoms with Crippen molar-refractivity contribution in [2.24, 2.45) is 0 Å². The Balaban J connectivity index is 1.60. The number of hydrogen-bond donors (Lipinski definition) is 2. The average Bonchev–Trinajstić information content (AvgIpc) is 3.20. The third-order valence-electron chi connectivity index (χ3n) is 5.11. The summed E-state index contributed by atoms with van der Waals surface area (Å²) in [5, 5.41) is 10.5. The molecule has 0 aliphatic heterocycles. The quantitative estimate of drug-likeness (QED) is 0.474. The first kappa shape index (κ1) is 20.3. The number of aliphatic hydroxyl groups excluding tert-OH is 1. The van der Waals surface area contributed by atoms with Crippen molar-refractivity contribution >= 4 is 21.6 Å². The zero-order valence-corrected chi connectivity index (χ0v) is 17.6. The molecule has 2 aromatic carbocycles. The van der Waals surface area contributed by atoms with E-state index in [4.69, 9.17) is 4.74 Å². The lowest BCUT2D eigenvalue weighted by Crippen LogP contribution is -2.28. The van der Waals surface area contributed by atoms with Crippen LogP contribution in [0.15, 0.2) is 65.5 Å². The van der Waals surface area contributed by atoms with Crippen LogP contribution in [0.1, 0.15) is 17.4 Å². The molecule has 2 N–H and O–H groups in total. The number of ether oxygens (including phenoxy) is 1. The van der Waals surface area contributed by atoms with E-state index in [-0.39, 0.29) is 18.2 Å². The molecule has 0 bridgehead atoms. The van der Waals surface area contributed by atoms with Crippen LogP contribution in [-0.2, 0) is 6.54 Å². The number of aromatic amines is 1. The predicted octanol–water partition coefficient (Wildman–Crippen LogP) is 3.83. The van der Waals surface area contributed by atoms with Gasteiger partial charge in [-0.3, -0.25) is 9.69 Å².